The SMILES string of the molecule is O=C(CC(=O)N1CCCCCC1)Nc1cccc(Cl)c1Cl. The van der Waals surface area contributed by atoms with E-state index in [1.807, 2.05) is 0 Å². The summed E-state index contributed by atoms with van der Waals surface area (Å²) in [5, 5.41) is 3.29. The molecule has 0 spiro atoms. The number of nitrogens with zero attached hydrogens (tertiary/aromatic N) is 1. The standard InChI is InChI=1S/C15H18Cl2N2O2/c16-11-6-5-7-12(15(11)17)18-13(20)10-14(21)19-8-3-1-2-4-9-19/h5-7H,1-4,8-10H2,(H,18,20). The third kappa shape index (κ3) is 4.61. The lowest BCUT2D eigenvalue weighted by atomic mass is 10.2. The molecule has 114 valence electrons. The van der Waals surface area contributed by atoms with Crippen molar-refractivity contribution in [1.82, 2.24) is 4.90 Å². The maximum absolute atomic E-state index is 12.1. The Balaban J connectivity index is 1.91. The molecule has 1 aromatic rings. The van der Waals surface area contributed by atoms with Gasteiger partial charge in [0.05, 0.1) is 15.7 Å². The summed E-state index contributed by atoms with van der Waals surface area (Å²) in [6, 6.07) is 4.99. The van der Waals surface area contributed by atoms with Crippen LogP contribution in [0, 0.1) is 0 Å². The van der Waals surface area contributed by atoms with Gasteiger partial charge in [0.2, 0.25) is 11.8 Å². The van der Waals surface area contributed by atoms with Crippen molar-refractivity contribution < 1.29 is 9.59 Å². The minimum absolute atomic E-state index is 0.132. The fourth-order valence-electron chi connectivity index (χ4n) is 2.36. The van der Waals surface area contributed by atoms with Crippen LogP contribution in [0.15, 0.2) is 18.2 Å². The van der Waals surface area contributed by atoms with Crippen molar-refractivity contribution in [2.75, 3.05) is 18.4 Å². The minimum Gasteiger partial charge on any atom is -0.342 e. The Morgan fingerprint density at radius 1 is 1.10 bits per heavy atom. The van der Waals surface area contributed by atoms with E-state index in [1.165, 1.54) is 0 Å². The number of hydrogen-bond acceptors (Lipinski definition) is 2. The van der Waals surface area contributed by atoms with Gasteiger partial charge < -0.3 is 10.2 Å². The average Bonchev–Trinajstić information content (AvgIpc) is 2.73. The monoisotopic (exact) mass is 328 g/mol. The molecule has 1 aromatic carbocycles. The van der Waals surface area contributed by atoms with Crippen LogP contribution in [0.25, 0.3) is 0 Å². The van der Waals surface area contributed by atoms with Crippen LogP contribution in [0.3, 0.4) is 0 Å². The van der Waals surface area contributed by atoms with Gasteiger partial charge in [-0.15, -0.1) is 0 Å². The Hall–Kier alpha value is -1.26. The van der Waals surface area contributed by atoms with Gasteiger partial charge in [0.1, 0.15) is 6.42 Å². The second-order valence-corrected chi connectivity index (χ2v) is 5.91. The van der Waals surface area contributed by atoms with Crippen LogP contribution >= 0.6 is 23.2 Å². The number of amides is 2. The fraction of sp³-hybridized carbons (Fsp3) is 0.467. The van der Waals surface area contributed by atoms with Gasteiger partial charge in [-0.1, -0.05) is 42.1 Å². The van der Waals surface area contributed by atoms with Crippen LogP contribution < -0.4 is 5.32 Å². The first-order valence-electron chi connectivity index (χ1n) is 7.09. The first-order valence-corrected chi connectivity index (χ1v) is 7.85. The predicted molar refractivity (Wildman–Crippen MR) is 84.8 cm³/mol. The van der Waals surface area contributed by atoms with Gasteiger partial charge in [-0.05, 0) is 25.0 Å². The summed E-state index contributed by atoms with van der Waals surface area (Å²) in [6.07, 6.45) is 4.14. The average molecular weight is 329 g/mol. The minimum atomic E-state index is -0.367. The maximum Gasteiger partial charge on any atom is 0.233 e. The van der Waals surface area contributed by atoms with Gasteiger partial charge in [0.15, 0.2) is 0 Å². The number of rotatable bonds is 3. The van der Waals surface area contributed by atoms with Crippen LogP contribution in [0.1, 0.15) is 32.1 Å². The molecule has 0 bridgehead atoms. The summed E-state index contributed by atoms with van der Waals surface area (Å²) in [5.74, 6) is -0.499. The van der Waals surface area contributed by atoms with Crippen molar-refractivity contribution in [2.24, 2.45) is 0 Å². The molecule has 0 aromatic heterocycles. The largest absolute Gasteiger partial charge is 0.342 e. The number of hydrogen-bond donors (Lipinski definition) is 1. The molecular formula is C15H18Cl2N2O2. The van der Waals surface area contributed by atoms with Crippen molar-refractivity contribution >= 4 is 40.7 Å². The fourth-order valence-corrected chi connectivity index (χ4v) is 2.71. The van der Waals surface area contributed by atoms with Crippen LogP contribution in [0.2, 0.25) is 10.0 Å². The zero-order valence-electron chi connectivity index (χ0n) is 11.7. The molecule has 1 saturated heterocycles. The molecule has 1 heterocycles. The molecule has 1 N–H and O–H groups in total. The van der Waals surface area contributed by atoms with Gasteiger partial charge in [0.25, 0.3) is 0 Å². The van der Waals surface area contributed by atoms with Gasteiger partial charge in [-0.25, -0.2) is 0 Å². The van der Waals surface area contributed by atoms with Gasteiger partial charge in [0, 0.05) is 13.1 Å². The number of nitrogens with one attached hydrogen (secondary N) is 1. The third-order valence-electron chi connectivity index (χ3n) is 3.50. The van der Waals surface area contributed by atoms with Crippen LogP contribution in [-0.2, 0) is 9.59 Å². The van der Waals surface area contributed by atoms with E-state index in [2.05, 4.69) is 5.32 Å². The van der Waals surface area contributed by atoms with E-state index in [0.717, 1.165) is 38.8 Å². The lowest BCUT2D eigenvalue weighted by Gasteiger charge is -2.20. The molecule has 21 heavy (non-hydrogen) atoms. The Bertz CT molecular complexity index is 526. The summed E-state index contributed by atoms with van der Waals surface area (Å²) < 4.78 is 0. The summed E-state index contributed by atoms with van der Waals surface area (Å²) in [6.45, 7) is 1.48. The molecule has 1 aliphatic heterocycles. The molecule has 0 unspecified atom stereocenters. The molecule has 0 aliphatic carbocycles. The smallest absolute Gasteiger partial charge is 0.233 e. The van der Waals surface area contributed by atoms with Gasteiger partial charge >= 0.3 is 0 Å². The van der Waals surface area contributed by atoms with Gasteiger partial charge in [-0.3, -0.25) is 9.59 Å². The zero-order valence-corrected chi connectivity index (χ0v) is 13.2. The molecule has 2 rings (SSSR count). The van der Waals surface area contributed by atoms with E-state index in [0.29, 0.717) is 10.7 Å². The highest BCUT2D eigenvalue weighted by atomic mass is 35.5. The highest BCUT2D eigenvalue weighted by Crippen LogP contribution is 2.29. The Labute approximate surface area is 134 Å². The van der Waals surface area contributed by atoms with Crippen molar-refractivity contribution in [2.45, 2.75) is 32.1 Å². The molecule has 0 atom stereocenters. The number of likely N-dealkylation sites (tertiary alicyclic amines) is 1. The maximum atomic E-state index is 12.1. The van der Waals surface area contributed by atoms with Crippen LogP contribution in [-0.4, -0.2) is 29.8 Å². The molecule has 0 radical (unpaired) electrons. The number of benzene rings is 1. The van der Waals surface area contributed by atoms with Crippen molar-refractivity contribution in [3.63, 3.8) is 0 Å². The Morgan fingerprint density at radius 3 is 2.43 bits per heavy atom. The number of carbonyl (C=O) groups excluding carboxylic acids is 2. The molecule has 4 nitrogen and oxygen atoms in total. The second kappa shape index (κ2) is 7.66. The van der Waals surface area contributed by atoms with E-state index in [4.69, 9.17) is 23.2 Å². The van der Waals surface area contributed by atoms with Crippen LogP contribution in [0.5, 0.6) is 0 Å². The van der Waals surface area contributed by atoms with E-state index < -0.39 is 0 Å². The zero-order chi connectivity index (χ0) is 15.2. The van der Waals surface area contributed by atoms with Crippen LogP contribution in [0.4, 0.5) is 5.69 Å². The quantitative estimate of drug-likeness (QED) is 0.859. The van der Waals surface area contributed by atoms with E-state index in [9.17, 15) is 9.59 Å². The van der Waals surface area contributed by atoms with E-state index in [-0.39, 0.29) is 23.3 Å². The molecular weight excluding hydrogens is 311 g/mol. The summed E-state index contributed by atoms with van der Waals surface area (Å²) in [4.78, 5) is 25.8. The lowest BCUT2D eigenvalue weighted by molar-refractivity contribution is -0.134. The molecule has 1 aliphatic rings. The predicted octanol–water partition coefficient (Wildman–Crippen LogP) is 3.72. The summed E-state index contributed by atoms with van der Waals surface area (Å²) in [5.41, 5.74) is 0.429. The molecule has 6 heteroatoms. The highest BCUT2D eigenvalue weighted by Gasteiger charge is 2.19. The van der Waals surface area contributed by atoms with Crippen molar-refractivity contribution in [3.8, 4) is 0 Å². The van der Waals surface area contributed by atoms with E-state index >= 15 is 0 Å². The van der Waals surface area contributed by atoms with Crippen molar-refractivity contribution in [1.29, 1.82) is 0 Å². The van der Waals surface area contributed by atoms with Crippen molar-refractivity contribution in [3.05, 3.63) is 28.2 Å². The molecule has 2 amide bonds. The summed E-state index contributed by atoms with van der Waals surface area (Å²) in [7, 11) is 0. The number of anilines is 1. The summed E-state index contributed by atoms with van der Waals surface area (Å²) >= 11 is 11.9. The number of halogens is 2. The normalized spacial score (nSPS) is 15.4. The van der Waals surface area contributed by atoms with Gasteiger partial charge in [-0.2, -0.15) is 0 Å². The lowest BCUT2D eigenvalue weighted by Crippen LogP contribution is -2.34. The topological polar surface area (TPSA) is 49.4 Å². The molecule has 0 saturated carbocycles. The second-order valence-electron chi connectivity index (χ2n) is 5.12. The Morgan fingerprint density at radius 2 is 1.76 bits per heavy atom. The number of carbonyl (C=O) groups is 2. The Kier molecular flexibility index (Phi) is 5.88. The van der Waals surface area contributed by atoms with E-state index in [1.54, 1.807) is 23.1 Å². The highest BCUT2D eigenvalue weighted by molar-refractivity contribution is 6.44. The third-order valence-corrected chi connectivity index (χ3v) is 4.32. The first-order chi connectivity index (χ1) is 10.1. The first kappa shape index (κ1) is 16.1. The molecule has 1 fully saturated rings.